The van der Waals surface area contributed by atoms with E-state index in [2.05, 4.69) is 17.1 Å². The molecule has 0 fully saturated rings. The largest absolute Gasteiger partial charge is 0.494 e. The van der Waals surface area contributed by atoms with Crippen LogP contribution in [0.5, 0.6) is 5.75 Å². The summed E-state index contributed by atoms with van der Waals surface area (Å²) in [5.41, 5.74) is 0.697. The van der Waals surface area contributed by atoms with Crippen molar-refractivity contribution < 1.29 is 9.53 Å². The summed E-state index contributed by atoms with van der Waals surface area (Å²) in [5, 5.41) is 8.29. The molecule has 0 saturated carbocycles. The van der Waals surface area contributed by atoms with Gasteiger partial charge in [-0.3, -0.25) is 4.79 Å². The van der Waals surface area contributed by atoms with E-state index in [4.69, 9.17) is 4.74 Å². The summed E-state index contributed by atoms with van der Waals surface area (Å²) in [6.07, 6.45) is 2.37. The third-order valence-corrected chi connectivity index (χ3v) is 6.20. The van der Waals surface area contributed by atoms with Crippen molar-refractivity contribution in [2.75, 3.05) is 18.1 Å². The maximum absolute atomic E-state index is 12.2. The minimum absolute atomic E-state index is 0.0911. The fourth-order valence-electron chi connectivity index (χ4n) is 1.73. The smallest absolute Gasteiger partial charge is 0.175 e. The number of nitrogens with zero attached hydrogens (tertiary/aromatic N) is 2. The van der Waals surface area contributed by atoms with Crippen LogP contribution in [0, 0.1) is 0 Å². The molecular weight excluding hydrogens is 348 g/mol. The Morgan fingerprint density at radius 2 is 1.83 bits per heavy atom. The van der Waals surface area contributed by atoms with E-state index in [1.165, 1.54) is 24.6 Å². The molecule has 0 bridgehead atoms. The topological polar surface area (TPSA) is 52.1 Å². The second kappa shape index (κ2) is 9.95. The lowest BCUT2D eigenvalue weighted by Gasteiger charge is -2.03. The van der Waals surface area contributed by atoms with Crippen LogP contribution in [0.1, 0.15) is 37.0 Å². The molecule has 0 saturated heterocycles. The van der Waals surface area contributed by atoms with Gasteiger partial charge in [-0.2, -0.15) is 0 Å². The number of rotatable bonds is 10. The van der Waals surface area contributed by atoms with Crippen molar-refractivity contribution in [3.05, 3.63) is 29.8 Å². The molecule has 1 aromatic carbocycles. The van der Waals surface area contributed by atoms with Crippen molar-refractivity contribution in [1.29, 1.82) is 0 Å². The van der Waals surface area contributed by atoms with Crippen molar-refractivity contribution in [2.24, 2.45) is 0 Å². The van der Waals surface area contributed by atoms with Crippen molar-refractivity contribution in [1.82, 2.24) is 10.2 Å². The monoisotopic (exact) mass is 368 g/mol. The lowest BCUT2D eigenvalue weighted by atomic mass is 10.1. The Hall–Kier alpha value is -1.05. The molecule has 2 rings (SSSR count). The number of ether oxygens (including phenoxy) is 1. The van der Waals surface area contributed by atoms with Gasteiger partial charge in [0, 0.05) is 11.3 Å². The van der Waals surface area contributed by atoms with Crippen LogP contribution in [-0.4, -0.2) is 34.1 Å². The van der Waals surface area contributed by atoms with Gasteiger partial charge in [-0.05, 0) is 37.6 Å². The number of thioether (sulfide) groups is 2. The van der Waals surface area contributed by atoms with Crippen LogP contribution in [-0.2, 0) is 0 Å². The van der Waals surface area contributed by atoms with Crippen LogP contribution >= 0.6 is 34.9 Å². The van der Waals surface area contributed by atoms with E-state index in [0.29, 0.717) is 17.9 Å². The SMILES string of the molecule is CCCCSc1nnc(SCC(=O)c2ccc(OCC)cc2)s1. The van der Waals surface area contributed by atoms with E-state index < -0.39 is 0 Å². The predicted molar refractivity (Wildman–Crippen MR) is 98.2 cm³/mol. The fraction of sp³-hybridized carbons (Fsp3) is 0.438. The molecular formula is C16H20N2O2S3. The van der Waals surface area contributed by atoms with Gasteiger partial charge < -0.3 is 4.74 Å². The second-order valence-corrected chi connectivity index (χ2v) is 8.25. The van der Waals surface area contributed by atoms with Crippen LogP contribution in [0.25, 0.3) is 0 Å². The van der Waals surface area contributed by atoms with E-state index in [1.807, 2.05) is 19.1 Å². The normalized spacial score (nSPS) is 10.7. The minimum atomic E-state index is 0.0911. The molecule has 0 aliphatic heterocycles. The van der Waals surface area contributed by atoms with Gasteiger partial charge in [-0.1, -0.05) is 48.2 Å². The summed E-state index contributed by atoms with van der Waals surface area (Å²) < 4.78 is 7.21. The Bertz CT molecular complexity index is 614. The van der Waals surface area contributed by atoms with Crippen LogP contribution in [0.15, 0.2) is 32.9 Å². The van der Waals surface area contributed by atoms with Crippen LogP contribution in [0.3, 0.4) is 0 Å². The van der Waals surface area contributed by atoms with Crippen molar-refractivity contribution in [3.8, 4) is 5.75 Å². The van der Waals surface area contributed by atoms with Crippen molar-refractivity contribution in [2.45, 2.75) is 35.4 Å². The van der Waals surface area contributed by atoms with Gasteiger partial charge in [0.2, 0.25) is 0 Å². The highest BCUT2D eigenvalue weighted by molar-refractivity contribution is 8.03. The van der Waals surface area contributed by atoms with Gasteiger partial charge in [0.05, 0.1) is 12.4 Å². The maximum Gasteiger partial charge on any atom is 0.175 e. The quantitative estimate of drug-likeness (QED) is 0.341. The summed E-state index contributed by atoms with van der Waals surface area (Å²) in [4.78, 5) is 12.2. The molecule has 0 aliphatic rings. The molecule has 0 spiro atoms. The van der Waals surface area contributed by atoms with E-state index in [0.717, 1.165) is 20.2 Å². The summed E-state index contributed by atoms with van der Waals surface area (Å²) in [5.74, 6) is 2.33. The first-order valence-electron chi connectivity index (χ1n) is 7.58. The third kappa shape index (κ3) is 6.16. The van der Waals surface area contributed by atoms with E-state index in [1.54, 1.807) is 35.2 Å². The Labute approximate surface area is 149 Å². The summed E-state index contributed by atoms with van der Waals surface area (Å²) in [7, 11) is 0. The van der Waals surface area contributed by atoms with Gasteiger partial charge in [0.25, 0.3) is 0 Å². The average Bonchev–Trinajstić information content (AvgIpc) is 3.02. The van der Waals surface area contributed by atoms with Gasteiger partial charge >= 0.3 is 0 Å². The van der Waals surface area contributed by atoms with Crippen LogP contribution in [0.2, 0.25) is 0 Å². The zero-order valence-electron chi connectivity index (χ0n) is 13.3. The first-order chi connectivity index (χ1) is 11.2. The molecule has 0 radical (unpaired) electrons. The van der Waals surface area contributed by atoms with Gasteiger partial charge in [-0.25, -0.2) is 0 Å². The standard InChI is InChI=1S/C16H20N2O2S3/c1-3-5-10-21-15-17-18-16(23-15)22-11-14(19)12-6-8-13(9-7-12)20-4-2/h6-9H,3-5,10-11H2,1-2H3. The zero-order chi connectivity index (χ0) is 16.5. The summed E-state index contributed by atoms with van der Waals surface area (Å²) >= 11 is 4.75. The zero-order valence-corrected chi connectivity index (χ0v) is 15.7. The van der Waals surface area contributed by atoms with Crippen LogP contribution < -0.4 is 4.74 Å². The van der Waals surface area contributed by atoms with Crippen molar-refractivity contribution in [3.63, 3.8) is 0 Å². The molecule has 4 nitrogen and oxygen atoms in total. The van der Waals surface area contributed by atoms with Gasteiger partial charge in [0.15, 0.2) is 14.5 Å². The number of ketones is 1. The fourth-order valence-corrected chi connectivity index (χ4v) is 4.80. The number of unbranched alkanes of at least 4 members (excludes halogenated alkanes) is 1. The molecule has 0 N–H and O–H groups in total. The Kier molecular flexibility index (Phi) is 7.91. The molecule has 2 aromatic rings. The molecule has 124 valence electrons. The van der Waals surface area contributed by atoms with E-state index in [9.17, 15) is 4.79 Å². The average molecular weight is 369 g/mol. The molecule has 0 atom stereocenters. The molecule has 1 heterocycles. The molecule has 0 aliphatic carbocycles. The highest BCUT2D eigenvalue weighted by atomic mass is 32.2. The maximum atomic E-state index is 12.2. The highest BCUT2D eigenvalue weighted by Crippen LogP contribution is 2.29. The number of benzene rings is 1. The van der Waals surface area contributed by atoms with E-state index in [-0.39, 0.29) is 5.78 Å². The highest BCUT2D eigenvalue weighted by Gasteiger charge is 2.10. The first-order valence-corrected chi connectivity index (χ1v) is 10.4. The number of carbonyl (C=O) groups is 1. The number of Topliss-reactive ketones (excluding diaryl/α,β-unsaturated/α-hetero) is 1. The number of hydrogen-bond donors (Lipinski definition) is 0. The Morgan fingerprint density at radius 1 is 1.13 bits per heavy atom. The number of aromatic nitrogens is 2. The second-order valence-electron chi connectivity index (χ2n) is 4.71. The van der Waals surface area contributed by atoms with E-state index >= 15 is 0 Å². The molecule has 7 heteroatoms. The van der Waals surface area contributed by atoms with Crippen LogP contribution in [0.4, 0.5) is 0 Å². The molecule has 1 aromatic heterocycles. The Balaban J connectivity index is 1.81. The number of hydrogen-bond acceptors (Lipinski definition) is 7. The first kappa shape index (κ1) is 18.3. The Morgan fingerprint density at radius 3 is 2.48 bits per heavy atom. The lowest BCUT2D eigenvalue weighted by molar-refractivity contribution is 0.102. The minimum Gasteiger partial charge on any atom is -0.494 e. The number of carbonyl (C=O) groups excluding carboxylic acids is 1. The third-order valence-electron chi connectivity index (χ3n) is 2.93. The predicted octanol–water partition coefficient (Wildman–Crippen LogP) is 4.80. The lowest BCUT2D eigenvalue weighted by Crippen LogP contribution is -2.02. The molecule has 23 heavy (non-hydrogen) atoms. The van der Waals surface area contributed by atoms with Gasteiger partial charge in [-0.15, -0.1) is 10.2 Å². The molecule has 0 amide bonds. The van der Waals surface area contributed by atoms with Gasteiger partial charge in [0.1, 0.15) is 5.75 Å². The van der Waals surface area contributed by atoms with Crippen molar-refractivity contribution >= 4 is 40.6 Å². The molecule has 0 unspecified atom stereocenters. The summed E-state index contributed by atoms with van der Waals surface area (Å²) in [6.45, 7) is 4.74. The summed E-state index contributed by atoms with van der Waals surface area (Å²) in [6, 6.07) is 7.27.